The summed E-state index contributed by atoms with van der Waals surface area (Å²) in [5.41, 5.74) is 0.479. The van der Waals surface area contributed by atoms with E-state index in [0.717, 1.165) is 5.56 Å². The molecule has 1 saturated carbocycles. The van der Waals surface area contributed by atoms with Crippen molar-refractivity contribution < 1.29 is 19.1 Å². The number of carbonyl (C=O) groups excluding carboxylic acids is 1. The molecule has 0 saturated heterocycles. The van der Waals surface area contributed by atoms with E-state index in [2.05, 4.69) is 5.32 Å². The molecule has 0 aliphatic heterocycles. The second kappa shape index (κ2) is 7.28. The van der Waals surface area contributed by atoms with E-state index in [0.29, 0.717) is 18.4 Å². The Kier molecular flexibility index (Phi) is 5.07. The highest BCUT2D eigenvalue weighted by molar-refractivity contribution is 5.86. The number of hydrogen-bond donors (Lipinski definition) is 2. The van der Waals surface area contributed by atoms with Crippen molar-refractivity contribution >= 4 is 11.9 Å². The molecule has 0 heterocycles. The summed E-state index contributed by atoms with van der Waals surface area (Å²) in [4.78, 5) is 24.5. The lowest BCUT2D eigenvalue weighted by atomic mass is 9.78. The molecule has 3 unspecified atom stereocenters. The second-order valence-electron chi connectivity index (χ2n) is 6.82. The molecule has 0 radical (unpaired) electrons. The number of halogens is 1. The Balaban J connectivity index is 1.67. The van der Waals surface area contributed by atoms with Crippen molar-refractivity contribution in [1.82, 2.24) is 5.32 Å². The average molecular weight is 355 g/mol. The molecular formula is C21H22FNO3. The maximum absolute atomic E-state index is 13.0. The molecule has 3 rings (SSSR count). The molecule has 2 aromatic carbocycles. The molecule has 1 aliphatic rings. The van der Waals surface area contributed by atoms with Gasteiger partial charge >= 0.3 is 5.97 Å². The first-order chi connectivity index (χ1) is 12.5. The van der Waals surface area contributed by atoms with Crippen LogP contribution in [0.5, 0.6) is 0 Å². The van der Waals surface area contributed by atoms with E-state index >= 15 is 0 Å². The molecular weight excluding hydrogens is 333 g/mol. The molecule has 26 heavy (non-hydrogen) atoms. The Morgan fingerprint density at radius 2 is 1.81 bits per heavy atom. The predicted molar refractivity (Wildman–Crippen MR) is 96.3 cm³/mol. The van der Waals surface area contributed by atoms with Crippen molar-refractivity contribution in [2.24, 2.45) is 5.92 Å². The van der Waals surface area contributed by atoms with Gasteiger partial charge in [-0.15, -0.1) is 0 Å². The standard InChI is InChI=1S/C21H22FNO3/c1-2-21(20(25)26,15-6-4-3-5-7-15)13-23-19(24)18-12-17(18)14-8-10-16(22)11-9-14/h3-11,17-18H,2,12-13H2,1H3,(H,23,24)(H,25,26). The quantitative estimate of drug-likeness (QED) is 0.799. The summed E-state index contributed by atoms with van der Waals surface area (Å²) >= 11 is 0. The lowest BCUT2D eigenvalue weighted by Gasteiger charge is -2.29. The van der Waals surface area contributed by atoms with Crippen LogP contribution in [-0.4, -0.2) is 23.5 Å². The first-order valence-electron chi connectivity index (χ1n) is 8.80. The molecule has 3 atom stereocenters. The van der Waals surface area contributed by atoms with Gasteiger partial charge in [-0.25, -0.2) is 4.39 Å². The van der Waals surface area contributed by atoms with Crippen molar-refractivity contribution in [3.8, 4) is 0 Å². The Morgan fingerprint density at radius 3 is 2.38 bits per heavy atom. The number of carbonyl (C=O) groups is 2. The van der Waals surface area contributed by atoms with Crippen LogP contribution < -0.4 is 5.32 Å². The van der Waals surface area contributed by atoms with Crippen molar-refractivity contribution in [3.05, 3.63) is 71.5 Å². The highest BCUT2D eigenvalue weighted by atomic mass is 19.1. The smallest absolute Gasteiger partial charge is 0.315 e. The average Bonchev–Trinajstić information content (AvgIpc) is 3.44. The van der Waals surface area contributed by atoms with Crippen molar-refractivity contribution in [2.75, 3.05) is 6.54 Å². The van der Waals surface area contributed by atoms with Gasteiger partial charge in [-0.1, -0.05) is 49.4 Å². The minimum atomic E-state index is -1.14. The molecule has 2 aromatic rings. The first kappa shape index (κ1) is 18.1. The minimum absolute atomic E-state index is 0.0499. The van der Waals surface area contributed by atoms with Crippen molar-refractivity contribution in [2.45, 2.75) is 31.1 Å². The fourth-order valence-corrected chi connectivity index (χ4v) is 3.47. The van der Waals surface area contributed by atoms with Gasteiger partial charge in [0.2, 0.25) is 5.91 Å². The van der Waals surface area contributed by atoms with Crippen LogP contribution in [0.25, 0.3) is 0 Å². The third-order valence-electron chi connectivity index (χ3n) is 5.33. The fraction of sp³-hybridized carbons (Fsp3) is 0.333. The van der Waals surface area contributed by atoms with Crippen LogP contribution in [0.3, 0.4) is 0 Å². The number of aliphatic carboxylic acids is 1. The van der Waals surface area contributed by atoms with Gasteiger partial charge in [0, 0.05) is 12.5 Å². The van der Waals surface area contributed by atoms with Gasteiger partial charge in [0.05, 0.1) is 0 Å². The van der Waals surface area contributed by atoms with Crippen LogP contribution in [-0.2, 0) is 15.0 Å². The van der Waals surface area contributed by atoms with Gasteiger partial charge < -0.3 is 10.4 Å². The van der Waals surface area contributed by atoms with Crippen LogP contribution in [0.15, 0.2) is 54.6 Å². The van der Waals surface area contributed by atoms with Gasteiger partial charge in [0.25, 0.3) is 0 Å². The number of rotatable bonds is 7. The summed E-state index contributed by atoms with van der Waals surface area (Å²) in [6.07, 6.45) is 1.08. The Labute approximate surface area is 152 Å². The third kappa shape index (κ3) is 3.47. The van der Waals surface area contributed by atoms with Crippen LogP contribution in [0.4, 0.5) is 4.39 Å². The SMILES string of the molecule is CCC(CNC(=O)C1CC1c1ccc(F)cc1)(C(=O)O)c1ccccc1. The molecule has 1 aliphatic carbocycles. The van der Waals surface area contributed by atoms with Gasteiger partial charge in [-0.05, 0) is 42.0 Å². The van der Waals surface area contributed by atoms with Crippen LogP contribution in [0.2, 0.25) is 0 Å². The van der Waals surface area contributed by atoms with Crippen LogP contribution in [0.1, 0.15) is 36.8 Å². The summed E-state index contributed by atoms with van der Waals surface area (Å²) in [7, 11) is 0. The van der Waals surface area contributed by atoms with Gasteiger partial charge in [0.15, 0.2) is 0 Å². The molecule has 0 bridgehead atoms. The summed E-state index contributed by atoms with van der Waals surface area (Å²) in [6.45, 7) is 1.86. The number of hydrogen-bond acceptors (Lipinski definition) is 2. The maximum Gasteiger partial charge on any atom is 0.315 e. The molecule has 0 aromatic heterocycles. The maximum atomic E-state index is 13.0. The van der Waals surface area contributed by atoms with E-state index in [4.69, 9.17) is 0 Å². The van der Waals surface area contributed by atoms with Gasteiger partial charge in [-0.2, -0.15) is 0 Å². The molecule has 4 nitrogen and oxygen atoms in total. The van der Waals surface area contributed by atoms with Gasteiger partial charge in [0.1, 0.15) is 11.2 Å². The molecule has 2 N–H and O–H groups in total. The largest absolute Gasteiger partial charge is 0.481 e. The highest BCUT2D eigenvalue weighted by Gasteiger charge is 2.45. The zero-order chi connectivity index (χ0) is 18.7. The molecule has 0 spiro atoms. The van der Waals surface area contributed by atoms with E-state index in [1.165, 1.54) is 12.1 Å². The minimum Gasteiger partial charge on any atom is -0.481 e. The lowest BCUT2D eigenvalue weighted by molar-refractivity contribution is -0.144. The zero-order valence-electron chi connectivity index (χ0n) is 14.6. The monoisotopic (exact) mass is 355 g/mol. The zero-order valence-corrected chi connectivity index (χ0v) is 14.6. The van der Waals surface area contributed by atoms with Crippen LogP contribution in [0, 0.1) is 11.7 Å². The lowest BCUT2D eigenvalue weighted by Crippen LogP contribution is -2.46. The van der Waals surface area contributed by atoms with E-state index in [-0.39, 0.29) is 30.1 Å². The molecule has 1 amide bonds. The number of nitrogens with one attached hydrogen (secondary N) is 1. The van der Waals surface area contributed by atoms with Gasteiger partial charge in [-0.3, -0.25) is 9.59 Å². The predicted octanol–water partition coefficient (Wildman–Crippen LogP) is 3.48. The summed E-state index contributed by atoms with van der Waals surface area (Å²) in [5.74, 6) is -1.49. The Bertz CT molecular complexity index is 791. The van der Waals surface area contributed by atoms with E-state index in [9.17, 15) is 19.1 Å². The van der Waals surface area contributed by atoms with Crippen LogP contribution >= 0.6 is 0 Å². The fourth-order valence-electron chi connectivity index (χ4n) is 3.47. The number of benzene rings is 2. The van der Waals surface area contributed by atoms with E-state index in [1.54, 1.807) is 36.4 Å². The Morgan fingerprint density at radius 1 is 1.15 bits per heavy atom. The third-order valence-corrected chi connectivity index (χ3v) is 5.33. The summed E-state index contributed by atoms with van der Waals surface area (Å²) in [5, 5.41) is 12.6. The molecule has 1 fully saturated rings. The Hall–Kier alpha value is -2.69. The van der Waals surface area contributed by atoms with E-state index in [1.807, 2.05) is 13.0 Å². The number of carboxylic acid groups (broad SMARTS) is 1. The van der Waals surface area contributed by atoms with Crippen molar-refractivity contribution in [1.29, 1.82) is 0 Å². The normalized spacial score (nSPS) is 20.8. The molecule has 136 valence electrons. The number of amides is 1. The van der Waals surface area contributed by atoms with Crippen molar-refractivity contribution in [3.63, 3.8) is 0 Å². The highest BCUT2D eigenvalue weighted by Crippen LogP contribution is 2.47. The summed E-state index contributed by atoms with van der Waals surface area (Å²) < 4.78 is 13.0. The summed E-state index contributed by atoms with van der Waals surface area (Å²) in [6, 6.07) is 15.2. The number of carboxylic acids is 1. The topological polar surface area (TPSA) is 66.4 Å². The van der Waals surface area contributed by atoms with E-state index < -0.39 is 11.4 Å². The first-order valence-corrected chi connectivity index (χ1v) is 8.80. The molecule has 5 heteroatoms. The second-order valence-corrected chi connectivity index (χ2v) is 6.82.